The number of nitrogens with zero attached hydrogens (tertiary/aromatic N) is 4. The van der Waals surface area contributed by atoms with Crippen LogP contribution in [0.3, 0.4) is 0 Å². The summed E-state index contributed by atoms with van der Waals surface area (Å²) in [5.41, 5.74) is 2.01. The smallest absolute Gasteiger partial charge is 0.269 e. The van der Waals surface area contributed by atoms with E-state index in [1.165, 1.54) is 12.1 Å². The van der Waals surface area contributed by atoms with Crippen molar-refractivity contribution in [2.45, 2.75) is 13.5 Å². The van der Waals surface area contributed by atoms with Gasteiger partial charge in [0.15, 0.2) is 0 Å². The Kier molecular flexibility index (Phi) is 4.89. The van der Waals surface area contributed by atoms with Gasteiger partial charge in [-0.25, -0.2) is 9.97 Å². The van der Waals surface area contributed by atoms with Crippen LogP contribution in [-0.2, 0) is 6.54 Å². The highest BCUT2D eigenvalue weighted by Crippen LogP contribution is 2.26. The minimum Gasteiger partial charge on any atom is -0.365 e. The molecule has 0 bridgehead atoms. The number of fused-ring (bicyclic) bond motifs is 1. The van der Waals surface area contributed by atoms with Gasteiger partial charge in [-0.05, 0) is 30.7 Å². The number of carbonyl (C=O) groups is 1. The second kappa shape index (κ2) is 8.60. The number of halogens is 2. The van der Waals surface area contributed by atoms with Gasteiger partial charge >= 0.3 is 0 Å². The first-order valence-corrected chi connectivity index (χ1v) is 10.0. The van der Waals surface area contributed by atoms with E-state index in [0.717, 1.165) is 5.56 Å². The van der Waals surface area contributed by atoms with E-state index in [0.29, 0.717) is 54.5 Å². The van der Waals surface area contributed by atoms with E-state index in [1.54, 1.807) is 12.2 Å². The standard InChI is InChI=1S/C21H22ClFN6O2/c1-12-20(30)27-18-14(25-12)4-3-13(17(18)22)11-28-7-9-29(10-8-28)16-6-5-15(21(31)24-2)26-19(16)23/h3-6H,7-11H2,1-2H3,(H,24,31)(H,27,30)/i2D3. The summed E-state index contributed by atoms with van der Waals surface area (Å²) in [6, 6.07) is 6.43. The number of aromatic nitrogens is 3. The molecule has 1 amide bonds. The summed E-state index contributed by atoms with van der Waals surface area (Å²) >= 11 is 6.54. The molecule has 0 unspecified atom stereocenters. The van der Waals surface area contributed by atoms with Crippen LogP contribution in [0.15, 0.2) is 29.1 Å². The van der Waals surface area contributed by atoms with Crippen molar-refractivity contribution in [3.05, 3.63) is 62.5 Å². The number of hydrogen-bond acceptors (Lipinski definition) is 6. The van der Waals surface area contributed by atoms with Gasteiger partial charge in [0.2, 0.25) is 5.95 Å². The van der Waals surface area contributed by atoms with Gasteiger partial charge in [-0.1, -0.05) is 17.7 Å². The number of benzene rings is 1. The van der Waals surface area contributed by atoms with Crippen LogP contribution in [0.2, 0.25) is 5.02 Å². The largest absolute Gasteiger partial charge is 0.365 e. The van der Waals surface area contributed by atoms with Gasteiger partial charge < -0.3 is 15.2 Å². The molecule has 0 saturated carbocycles. The Balaban J connectivity index is 1.42. The number of nitrogens with one attached hydrogen (secondary N) is 2. The number of amides is 1. The molecule has 4 rings (SSSR count). The van der Waals surface area contributed by atoms with Crippen molar-refractivity contribution in [3.8, 4) is 0 Å². The van der Waals surface area contributed by atoms with E-state index in [-0.39, 0.29) is 16.9 Å². The molecule has 0 atom stereocenters. The van der Waals surface area contributed by atoms with Crippen molar-refractivity contribution in [2.24, 2.45) is 0 Å². The molecule has 0 spiro atoms. The number of aromatic amines is 1. The highest BCUT2D eigenvalue weighted by atomic mass is 35.5. The zero-order chi connectivity index (χ0) is 24.6. The number of H-pyrrole nitrogens is 1. The molecule has 10 heteroatoms. The van der Waals surface area contributed by atoms with E-state index in [1.807, 2.05) is 17.0 Å². The molecule has 1 saturated heterocycles. The van der Waals surface area contributed by atoms with Crippen LogP contribution in [0.1, 0.15) is 25.9 Å². The molecular weight excluding hydrogens is 423 g/mol. The van der Waals surface area contributed by atoms with Crippen LogP contribution in [0.25, 0.3) is 11.0 Å². The molecule has 1 fully saturated rings. The highest BCUT2D eigenvalue weighted by molar-refractivity contribution is 6.35. The van der Waals surface area contributed by atoms with Crippen molar-refractivity contribution in [3.63, 3.8) is 0 Å². The first-order valence-electron chi connectivity index (χ1n) is 11.2. The van der Waals surface area contributed by atoms with E-state index in [4.69, 9.17) is 15.7 Å². The SMILES string of the molecule is [2H]C([2H])([2H])NC(=O)c1ccc(N2CCN(Cc3ccc4nc(C)c(=O)[nH]c4c3Cl)CC2)c(F)n1. The Hall–Kier alpha value is -3.04. The third-order valence-corrected chi connectivity index (χ3v) is 5.77. The van der Waals surface area contributed by atoms with Crippen molar-refractivity contribution in [2.75, 3.05) is 38.1 Å². The predicted octanol–water partition coefficient (Wildman–Crippen LogP) is 2.10. The van der Waals surface area contributed by atoms with Crippen LogP contribution in [0.5, 0.6) is 0 Å². The lowest BCUT2D eigenvalue weighted by molar-refractivity contribution is 0.0957. The van der Waals surface area contributed by atoms with Gasteiger partial charge in [0.1, 0.15) is 11.4 Å². The van der Waals surface area contributed by atoms with E-state index in [9.17, 15) is 14.0 Å². The third kappa shape index (κ3) is 4.24. The molecule has 31 heavy (non-hydrogen) atoms. The Bertz CT molecular complexity index is 1310. The number of carbonyl (C=O) groups excluding carboxylic acids is 1. The lowest BCUT2D eigenvalue weighted by Gasteiger charge is -2.36. The van der Waals surface area contributed by atoms with E-state index in [2.05, 4.69) is 19.9 Å². The molecule has 0 radical (unpaired) electrons. The molecule has 1 aliphatic rings. The normalized spacial score (nSPS) is 16.6. The highest BCUT2D eigenvalue weighted by Gasteiger charge is 2.22. The zero-order valence-corrected chi connectivity index (χ0v) is 17.5. The average molecular weight is 448 g/mol. The fraction of sp³-hybridized carbons (Fsp3) is 0.333. The molecule has 2 N–H and O–H groups in total. The van der Waals surface area contributed by atoms with Crippen molar-refractivity contribution >= 4 is 34.2 Å². The Labute approximate surface area is 187 Å². The third-order valence-electron chi connectivity index (χ3n) is 5.34. The minimum absolute atomic E-state index is 0.243. The number of piperazine rings is 1. The second-order valence-corrected chi connectivity index (χ2v) is 7.69. The number of anilines is 1. The lowest BCUT2D eigenvalue weighted by atomic mass is 10.1. The Morgan fingerprint density at radius 3 is 2.74 bits per heavy atom. The van der Waals surface area contributed by atoms with Crippen LogP contribution in [-0.4, -0.2) is 58.9 Å². The fourth-order valence-electron chi connectivity index (χ4n) is 3.62. The molecule has 3 heterocycles. The van der Waals surface area contributed by atoms with Crippen molar-refractivity contribution in [1.82, 2.24) is 25.2 Å². The first-order chi connectivity index (χ1) is 16.0. The van der Waals surface area contributed by atoms with Gasteiger partial charge in [0.25, 0.3) is 11.5 Å². The minimum atomic E-state index is -2.68. The number of rotatable bonds is 4. The number of pyridine rings is 1. The van der Waals surface area contributed by atoms with Crippen molar-refractivity contribution < 1.29 is 13.3 Å². The molecule has 0 aliphatic carbocycles. The van der Waals surface area contributed by atoms with Gasteiger partial charge in [-0.3, -0.25) is 14.5 Å². The summed E-state index contributed by atoms with van der Waals surface area (Å²) in [4.78, 5) is 38.5. The second-order valence-electron chi connectivity index (χ2n) is 7.31. The van der Waals surface area contributed by atoms with Gasteiger partial charge in [0, 0.05) is 43.8 Å². The fourth-order valence-corrected chi connectivity index (χ4v) is 3.89. The predicted molar refractivity (Wildman–Crippen MR) is 117 cm³/mol. The Morgan fingerprint density at radius 1 is 1.26 bits per heavy atom. The van der Waals surface area contributed by atoms with Gasteiger partial charge in [-0.2, -0.15) is 4.39 Å². The lowest BCUT2D eigenvalue weighted by Crippen LogP contribution is -2.46. The number of hydrogen-bond donors (Lipinski definition) is 2. The van der Waals surface area contributed by atoms with Gasteiger partial charge in [0.05, 0.1) is 21.7 Å². The van der Waals surface area contributed by atoms with Crippen LogP contribution >= 0.6 is 11.6 Å². The maximum absolute atomic E-state index is 14.6. The molecule has 1 aliphatic heterocycles. The maximum Gasteiger partial charge on any atom is 0.269 e. The summed E-state index contributed by atoms with van der Waals surface area (Å²) in [6.07, 6.45) is 0. The first kappa shape index (κ1) is 17.6. The molecule has 162 valence electrons. The topological polar surface area (TPSA) is 94.2 Å². The Morgan fingerprint density at radius 2 is 2.03 bits per heavy atom. The van der Waals surface area contributed by atoms with Gasteiger partial charge in [-0.15, -0.1) is 0 Å². The molecule has 3 aromatic rings. The van der Waals surface area contributed by atoms with E-state index < -0.39 is 18.8 Å². The quantitative estimate of drug-likeness (QED) is 0.595. The average Bonchev–Trinajstić information content (AvgIpc) is 2.77. The summed E-state index contributed by atoms with van der Waals surface area (Å²) in [7, 11) is 0. The summed E-state index contributed by atoms with van der Waals surface area (Å²) in [5.74, 6) is -1.80. The van der Waals surface area contributed by atoms with Crippen LogP contribution < -0.4 is 15.8 Å². The summed E-state index contributed by atoms with van der Waals surface area (Å²) in [6.45, 7) is 1.79. The summed E-state index contributed by atoms with van der Waals surface area (Å²) in [5, 5.41) is 2.24. The molecule has 1 aromatic carbocycles. The molecular formula is C21H22ClFN6O2. The maximum atomic E-state index is 14.6. The van der Waals surface area contributed by atoms with Crippen LogP contribution in [0, 0.1) is 12.9 Å². The molecule has 2 aromatic heterocycles. The number of aryl methyl sites for hydroxylation is 1. The van der Waals surface area contributed by atoms with Crippen LogP contribution in [0.4, 0.5) is 10.1 Å². The zero-order valence-electron chi connectivity index (χ0n) is 19.7. The summed E-state index contributed by atoms with van der Waals surface area (Å²) < 4.78 is 35.8. The monoisotopic (exact) mass is 447 g/mol. The van der Waals surface area contributed by atoms with Crippen molar-refractivity contribution in [1.29, 1.82) is 0 Å². The molecule has 8 nitrogen and oxygen atoms in total. The van der Waals surface area contributed by atoms with E-state index >= 15 is 0 Å².